The van der Waals surface area contributed by atoms with Gasteiger partial charge in [0.1, 0.15) is 5.82 Å². The molecule has 0 aliphatic carbocycles. The number of carbonyl (C=O) groups is 1. The quantitative estimate of drug-likeness (QED) is 0.582. The highest BCUT2D eigenvalue weighted by molar-refractivity contribution is 7.10. The number of likely N-dealkylation sites (tertiary alicyclic amines) is 1. The van der Waals surface area contributed by atoms with Crippen molar-refractivity contribution >= 4 is 17.2 Å². The number of pyridine rings is 1. The molecule has 3 aromatic rings. The third-order valence-corrected chi connectivity index (χ3v) is 6.25. The molecule has 4 rings (SSSR count). The minimum atomic E-state index is -0.0294. The fraction of sp³-hybridized carbons (Fsp3) is 0.391. The van der Waals surface area contributed by atoms with Crippen LogP contribution in [0.3, 0.4) is 0 Å². The van der Waals surface area contributed by atoms with Gasteiger partial charge in [-0.05, 0) is 56.4 Å². The molecule has 6 heteroatoms. The second-order valence-electron chi connectivity index (χ2n) is 7.53. The Hall–Kier alpha value is -2.60. The molecule has 150 valence electrons. The molecule has 0 aromatic carbocycles. The average molecular weight is 407 g/mol. The summed E-state index contributed by atoms with van der Waals surface area (Å²) in [5.74, 6) is 0.958. The SMILES string of the molecule is CCCc1ncc(-c2ccncc2)c([C@H]2CCCCN2C(=O)c2csc(C)c2)n1. The lowest BCUT2D eigenvalue weighted by atomic mass is 9.93. The number of rotatable bonds is 5. The summed E-state index contributed by atoms with van der Waals surface area (Å²) in [6.45, 7) is 4.94. The standard InChI is InChI=1S/C23H26N4OS/c1-3-6-21-25-14-19(17-8-10-24-11-9-17)22(26-21)20-7-4-5-12-27(20)23(28)18-13-16(2)29-15-18/h8-11,13-15,20H,3-7,12H2,1-2H3/t20-/m1/s1. The Morgan fingerprint density at radius 3 is 2.83 bits per heavy atom. The summed E-state index contributed by atoms with van der Waals surface area (Å²) in [4.78, 5) is 30.2. The number of amides is 1. The Morgan fingerprint density at radius 2 is 2.10 bits per heavy atom. The van der Waals surface area contributed by atoms with E-state index in [2.05, 4.69) is 16.9 Å². The summed E-state index contributed by atoms with van der Waals surface area (Å²) in [6, 6.07) is 5.93. The van der Waals surface area contributed by atoms with Crippen molar-refractivity contribution in [3.05, 3.63) is 64.1 Å². The van der Waals surface area contributed by atoms with Crippen molar-refractivity contribution in [3.8, 4) is 11.1 Å². The zero-order valence-corrected chi connectivity index (χ0v) is 17.8. The summed E-state index contributed by atoms with van der Waals surface area (Å²) in [5.41, 5.74) is 3.79. The maximum Gasteiger partial charge on any atom is 0.255 e. The topological polar surface area (TPSA) is 59.0 Å². The van der Waals surface area contributed by atoms with Gasteiger partial charge in [-0.15, -0.1) is 11.3 Å². The van der Waals surface area contributed by atoms with Crippen molar-refractivity contribution in [1.29, 1.82) is 0 Å². The highest BCUT2D eigenvalue weighted by Crippen LogP contribution is 2.36. The van der Waals surface area contributed by atoms with Crippen LogP contribution in [0.2, 0.25) is 0 Å². The van der Waals surface area contributed by atoms with Crippen LogP contribution in [0.4, 0.5) is 0 Å². The molecule has 1 aliphatic heterocycles. The number of nitrogens with zero attached hydrogens (tertiary/aromatic N) is 4. The van der Waals surface area contributed by atoms with E-state index in [9.17, 15) is 4.79 Å². The van der Waals surface area contributed by atoms with Crippen LogP contribution in [0.25, 0.3) is 11.1 Å². The molecule has 0 radical (unpaired) electrons. The van der Waals surface area contributed by atoms with E-state index in [-0.39, 0.29) is 11.9 Å². The number of aromatic nitrogens is 3. The Morgan fingerprint density at radius 1 is 1.28 bits per heavy atom. The van der Waals surface area contributed by atoms with Gasteiger partial charge < -0.3 is 4.90 Å². The predicted molar refractivity (Wildman–Crippen MR) is 116 cm³/mol. The fourth-order valence-electron chi connectivity index (χ4n) is 3.97. The maximum absolute atomic E-state index is 13.3. The van der Waals surface area contributed by atoms with Gasteiger partial charge in [0.25, 0.3) is 5.91 Å². The van der Waals surface area contributed by atoms with Crippen LogP contribution < -0.4 is 0 Å². The van der Waals surface area contributed by atoms with Crippen molar-refractivity contribution in [2.75, 3.05) is 6.54 Å². The van der Waals surface area contributed by atoms with Gasteiger partial charge in [0.15, 0.2) is 0 Å². The van der Waals surface area contributed by atoms with Crippen LogP contribution >= 0.6 is 11.3 Å². The molecule has 1 saturated heterocycles. The van der Waals surface area contributed by atoms with Gasteiger partial charge >= 0.3 is 0 Å². The molecule has 29 heavy (non-hydrogen) atoms. The van der Waals surface area contributed by atoms with Crippen LogP contribution in [0.5, 0.6) is 0 Å². The number of piperidine rings is 1. The molecule has 4 heterocycles. The minimum Gasteiger partial charge on any atom is -0.330 e. The largest absolute Gasteiger partial charge is 0.330 e. The number of carbonyl (C=O) groups excluding carboxylic acids is 1. The Balaban J connectivity index is 1.77. The summed E-state index contributed by atoms with van der Waals surface area (Å²) in [7, 11) is 0. The molecule has 1 amide bonds. The highest BCUT2D eigenvalue weighted by atomic mass is 32.1. The highest BCUT2D eigenvalue weighted by Gasteiger charge is 2.32. The monoisotopic (exact) mass is 406 g/mol. The van der Waals surface area contributed by atoms with Gasteiger partial charge in [0.2, 0.25) is 0 Å². The molecule has 0 spiro atoms. The van der Waals surface area contributed by atoms with Crippen LogP contribution in [0.1, 0.15) is 65.4 Å². The minimum absolute atomic E-state index is 0.0294. The number of thiophene rings is 1. The molecule has 0 saturated carbocycles. The van der Waals surface area contributed by atoms with E-state index >= 15 is 0 Å². The third-order valence-electron chi connectivity index (χ3n) is 5.39. The average Bonchev–Trinajstić information content (AvgIpc) is 3.20. The van der Waals surface area contributed by atoms with Crippen molar-refractivity contribution in [2.45, 2.75) is 52.0 Å². The number of aryl methyl sites for hydroxylation is 2. The van der Waals surface area contributed by atoms with Crippen molar-refractivity contribution in [2.24, 2.45) is 0 Å². The van der Waals surface area contributed by atoms with Gasteiger partial charge in [-0.25, -0.2) is 9.97 Å². The Bertz CT molecular complexity index is 986. The molecule has 1 fully saturated rings. The summed E-state index contributed by atoms with van der Waals surface area (Å²) < 4.78 is 0. The van der Waals surface area contributed by atoms with E-state index < -0.39 is 0 Å². The van der Waals surface area contributed by atoms with E-state index in [0.29, 0.717) is 0 Å². The maximum atomic E-state index is 13.3. The molecule has 1 atom stereocenters. The fourth-order valence-corrected chi connectivity index (χ4v) is 4.64. The first kappa shape index (κ1) is 19.7. The molecule has 0 N–H and O–H groups in total. The van der Waals surface area contributed by atoms with Gasteiger partial charge in [0.05, 0.1) is 17.3 Å². The number of hydrogen-bond acceptors (Lipinski definition) is 5. The van der Waals surface area contributed by atoms with Crippen LogP contribution in [-0.2, 0) is 6.42 Å². The Labute approximate surface area is 175 Å². The van der Waals surface area contributed by atoms with Gasteiger partial charge in [-0.2, -0.15) is 0 Å². The van der Waals surface area contributed by atoms with Crippen molar-refractivity contribution < 1.29 is 4.79 Å². The van der Waals surface area contributed by atoms with Crippen LogP contribution in [-0.4, -0.2) is 32.3 Å². The third kappa shape index (κ3) is 4.22. The Kier molecular flexibility index (Phi) is 6.00. The number of hydrogen-bond donors (Lipinski definition) is 0. The van der Waals surface area contributed by atoms with E-state index in [0.717, 1.165) is 71.7 Å². The molecule has 5 nitrogen and oxygen atoms in total. The lowest BCUT2D eigenvalue weighted by Gasteiger charge is -2.36. The molecule has 0 bridgehead atoms. The molecular formula is C23H26N4OS. The van der Waals surface area contributed by atoms with E-state index in [1.165, 1.54) is 0 Å². The second-order valence-corrected chi connectivity index (χ2v) is 8.64. The zero-order chi connectivity index (χ0) is 20.2. The van der Waals surface area contributed by atoms with Gasteiger partial charge in [-0.1, -0.05) is 6.92 Å². The molecular weight excluding hydrogens is 380 g/mol. The van der Waals surface area contributed by atoms with Crippen molar-refractivity contribution in [1.82, 2.24) is 19.9 Å². The molecule has 3 aromatic heterocycles. The normalized spacial score (nSPS) is 16.8. The zero-order valence-electron chi connectivity index (χ0n) is 17.0. The summed E-state index contributed by atoms with van der Waals surface area (Å²) in [6.07, 6.45) is 10.4. The van der Waals surface area contributed by atoms with E-state index in [4.69, 9.17) is 4.98 Å². The summed E-state index contributed by atoms with van der Waals surface area (Å²) >= 11 is 1.62. The lowest BCUT2D eigenvalue weighted by molar-refractivity contribution is 0.0607. The van der Waals surface area contributed by atoms with Crippen LogP contribution in [0.15, 0.2) is 42.2 Å². The smallest absolute Gasteiger partial charge is 0.255 e. The second kappa shape index (κ2) is 8.82. The predicted octanol–water partition coefficient (Wildman–Crippen LogP) is 5.23. The van der Waals surface area contributed by atoms with Crippen LogP contribution in [0, 0.1) is 6.92 Å². The van der Waals surface area contributed by atoms with Gasteiger partial charge in [0, 0.05) is 47.4 Å². The van der Waals surface area contributed by atoms with Crippen molar-refractivity contribution in [3.63, 3.8) is 0 Å². The first-order valence-electron chi connectivity index (χ1n) is 10.3. The lowest BCUT2D eigenvalue weighted by Crippen LogP contribution is -2.39. The molecule has 0 unspecified atom stereocenters. The first-order chi connectivity index (χ1) is 14.2. The summed E-state index contributed by atoms with van der Waals surface area (Å²) in [5, 5.41) is 1.97. The molecule has 1 aliphatic rings. The first-order valence-corrected chi connectivity index (χ1v) is 11.2. The van der Waals surface area contributed by atoms with Gasteiger partial charge in [-0.3, -0.25) is 9.78 Å². The van der Waals surface area contributed by atoms with E-state index in [1.807, 2.05) is 41.6 Å². The van der Waals surface area contributed by atoms with E-state index in [1.54, 1.807) is 23.7 Å².